The Morgan fingerprint density at radius 1 is 1.62 bits per heavy atom. The van der Waals surface area contributed by atoms with E-state index in [2.05, 4.69) is 4.98 Å². The second-order valence-electron chi connectivity index (χ2n) is 4.20. The lowest BCUT2D eigenvalue weighted by atomic mass is 10.1. The second kappa shape index (κ2) is 4.70. The maximum absolute atomic E-state index is 12.1. The summed E-state index contributed by atoms with van der Waals surface area (Å²) in [6.45, 7) is 3.71. The van der Waals surface area contributed by atoms with Crippen molar-refractivity contribution in [1.82, 2.24) is 9.88 Å². The van der Waals surface area contributed by atoms with Gasteiger partial charge in [0.05, 0.1) is 17.3 Å². The van der Waals surface area contributed by atoms with E-state index in [1.165, 1.54) is 23.4 Å². The minimum Gasteiger partial charge on any atom is -0.505 e. The van der Waals surface area contributed by atoms with Crippen molar-refractivity contribution < 1.29 is 9.90 Å². The topological polar surface area (TPSA) is 53.4 Å². The maximum Gasteiger partial charge on any atom is 0.257 e. The molecule has 1 amide bonds. The fraction of sp³-hybridized carbons (Fsp3) is 0.455. The Morgan fingerprint density at radius 2 is 2.25 bits per heavy atom. The van der Waals surface area contributed by atoms with Crippen LogP contribution in [0.3, 0.4) is 0 Å². The van der Waals surface area contributed by atoms with Crippen LogP contribution in [0.25, 0.3) is 0 Å². The molecule has 1 heterocycles. The number of amides is 1. The van der Waals surface area contributed by atoms with E-state index >= 15 is 0 Å². The first-order valence-electron chi connectivity index (χ1n) is 4.87. The molecule has 0 aromatic carbocycles. The number of carbonyl (C=O) groups excluding carboxylic acids is 1. The van der Waals surface area contributed by atoms with Gasteiger partial charge in [-0.25, -0.2) is 0 Å². The smallest absolute Gasteiger partial charge is 0.257 e. The molecule has 0 saturated heterocycles. The zero-order valence-electron chi connectivity index (χ0n) is 9.57. The van der Waals surface area contributed by atoms with Gasteiger partial charge in [-0.2, -0.15) is 0 Å². The number of pyridine rings is 1. The molecule has 0 radical (unpaired) electrons. The molecule has 0 atom stereocenters. The molecule has 5 heteroatoms. The molecule has 1 aromatic rings. The Bertz CT molecular complexity index is 393. The van der Waals surface area contributed by atoms with E-state index in [0.717, 1.165) is 0 Å². The molecule has 0 unspecified atom stereocenters. The fourth-order valence-electron chi connectivity index (χ4n) is 1.11. The van der Waals surface area contributed by atoms with E-state index in [-0.39, 0.29) is 17.2 Å². The standard InChI is InChI=1S/C11H15ClN2O2/c1-11(2,7-12)14(3)10(16)8-4-5-13-6-9(8)15/h4-6,15H,7H2,1-3H3. The number of halogens is 1. The molecular weight excluding hydrogens is 228 g/mol. The van der Waals surface area contributed by atoms with Crippen molar-refractivity contribution in [3.8, 4) is 5.75 Å². The summed E-state index contributed by atoms with van der Waals surface area (Å²) in [7, 11) is 1.66. The largest absolute Gasteiger partial charge is 0.505 e. The number of aromatic hydroxyl groups is 1. The molecule has 0 fully saturated rings. The Balaban J connectivity index is 3.00. The fourth-order valence-corrected chi connectivity index (χ4v) is 1.29. The van der Waals surface area contributed by atoms with Gasteiger partial charge < -0.3 is 10.0 Å². The van der Waals surface area contributed by atoms with E-state index in [4.69, 9.17) is 11.6 Å². The highest BCUT2D eigenvalue weighted by Gasteiger charge is 2.28. The van der Waals surface area contributed by atoms with Gasteiger partial charge in [0.25, 0.3) is 5.91 Å². The third kappa shape index (κ3) is 2.44. The molecule has 0 saturated carbocycles. The molecule has 1 N–H and O–H groups in total. The molecule has 0 aliphatic carbocycles. The summed E-state index contributed by atoms with van der Waals surface area (Å²) in [6, 6.07) is 1.48. The Kier molecular flexibility index (Phi) is 3.75. The van der Waals surface area contributed by atoms with Gasteiger partial charge in [-0.15, -0.1) is 11.6 Å². The SMILES string of the molecule is CN(C(=O)c1ccncc1O)C(C)(C)CCl. The molecule has 1 rings (SSSR count). The van der Waals surface area contributed by atoms with Gasteiger partial charge in [0.1, 0.15) is 5.75 Å². The monoisotopic (exact) mass is 242 g/mol. The van der Waals surface area contributed by atoms with Crippen LogP contribution in [-0.2, 0) is 0 Å². The summed E-state index contributed by atoms with van der Waals surface area (Å²) < 4.78 is 0. The number of carbonyl (C=O) groups is 1. The van der Waals surface area contributed by atoms with Crippen LogP contribution in [0.1, 0.15) is 24.2 Å². The van der Waals surface area contributed by atoms with Crippen molar-refractivity contribution in [2.75, 3.05) is 12.9 Å². The van der Waals surface area contributed by atoms with Crippen molar-refractivity contribution >= 4 is 17.5 Å². The summed E-state index contributed by atoms with van der Waals surface area (Å²) in [5.41, 5.74) is -0.232. The lowest BCUT2D eigenvalue weighted by Crippen LogP contribution is -2.46. The van der Waals surface area contributed by atoms with Gasteiger partial charge in [0, 0.05) is 19.1 Å². The molecule has 0 spiro atoms. The maximum atomic E-state index is 12.1. The molecule has 0 aliphatic heterocycles. The van der Waals surface area contributed by atoms with Crippen LogP contribution in [0, 0.1) is 0 Å². The predicted molar refractivity (Wildman–Crippen MR) is 62.8 cm³/mol. The molecular formula is C11H15ClN2O2. The number of hydrogen-bond acceptors (Lipinski definition) is 3. The van der Waals surface area contributed by atoms with E-state index in [1.54, 1.807) is 7.05 Å². The normalized spacial score (nSPS) is 11.2. The zero-order chi connectivity index (χ0) is 12.3. The lowest BCUT2D eigenvalue weighted by molar-refractivity contribution is 0.0657. The van der Waals surface area contributed by atoms with Gasteiger partial charge in [-0.05, 0) is 19.9 Å². The molecule has 1 aromatic heterocycles. The summed E-state index contributed by atoms with van der Waals surface area (Å²) in [5.74, 6) is -0.0727. The van der Waals surface area contributed by atoms with E-state index < -0.39 is 5.54 Å². The van der Waals surface area contributed by atoms with Gasteiger partial charge in [0.2, 0.25) is 0 Å². The Morgan fingerprint density at radius 3 is 2.75 bits per heavy atom. The lowest BCUT2D eigenvalue weighted by Gasteiger charge is -2.34. The van der Waals surface area contributed by atoms with Crippen molar-refractivity contribution in [1.29, 1.82) is 0 Å². The quantitative estimate of drug-likeness (QED) is 0.824. The van der Waals surface area contributed by atoms with E-state index in [9.17, 15) is 9.90 Å². The van der Waals surface area contributed by atoms with Crippen LogP contribution < -0.4 is 0 Å². The highest BCUT2D eigenvalue weighted by atomic mass is 35.5. The molecule has 16 heavy (non-hydrogen) atoms. The number of rotatable bonds is 3. The van der Waals surface area contributed by atoms with Crippen LogP contribution in [0.15, 0.2) is 18.5 Å². The second-order valence-corrected chi connectivity index (χ2v) is 4.47. The van der Waals surface area contributed by atoms with Crippen molar-refractivity contribution in [3.05, 3.63) is 24.0 Å². The summed E-state index contributed by atoms with van der Waals surface area (Å²) in [6.07, 6.45) is 2.71. The van der Waals surface area contributed by atoms with Gasteiger partial charge in [-0.1, -0.05) is 0 Å². The molecule has 4 nitrogen and oxygen atoms in total. The summed E-state index contributed by atoms with van der Waals surface area (Å²) in [5, 5.41) is 9.53. The average molecular weight is 243 g/mol. The van der Waals surface area contributed by atoms with Crippen molar-refractivity contribution in [3.63, 3.8) is 0 Å². The minimum atomic E-state index is -0.464. The third-order valence-electron chi connectivity index (χ3n) is 2.57. The zero-order valence-corrected chi connectivity index (χ0v) is 10.3. The molecule has 0 aliphatic rings. The Labute approximate surface area is 99.9 Å². The number of nitrogens with zero attached hydrogens (tertiary/aromatic N) is 2. The highest BCUT2D eigenvalue weighted by molar-refractivity contribution is 6.18. The Hall–Kier alpha value is -1.29. The van der Waals surface area contributed by atoms with Gasteiger partial charge >= 0.3 is 0 Å². The number of alkyl halides is 1. The van der Waals surface area contributed by atoms with Crippen LogP contribution in [0.2, 0.25) is 0 Å². The summed E-state index contributed by atoms with van der Waals surface area (Å²) in [4.78, 5) is 17.3. The third-order valence-corrected chi connectivity index (χ3v) is 3.22. The van der Waals surface area contributed by atoms with E-state index in [0.29, 0.717) is 5.88 Å². The predicted octanol–water partition coefficient (Wildman–Crippen LogP) is 1.88. The minimum absolute atomic E-state index is 0.121. The number of hydrogen-bond donors (Lipinski definition) is 1. The summed E-state index contributed by atoms with van der Waals surface area (Å²) >= 11 is 5.79. The first kappa shape index (κ1) is 12.8. The molecule has 0 bridgehead atoms. The van der Waals surface area contributed by atoms with Gasteiger partial charge in [-0.3, -0.25) is 9.78 Å². The first-order valence-corrected chi connectivity index (χ1v) is 5.40. The van der Waals surface area contributed by atoms with Crippen LogP contribution in [-0.4, -0.2) is 39.4 Å². The van der Waals surface area contributed by atoms with Gasteiger partial charge in [0.15, 0.2) is 0 Å². The van der Waals surface area contributed by atoms with Crippen molar-refractivity contribution in [2.24, 2.45) is 0 Å². The average Bonchev–Trinajstić information content (AvgIpc) is 2.27. The van der Waals surface area contributed by atoms with Crippen LogP contribution in [0.4, 0.5) is 0 Å². The van der Waals surface area contributed by atoms with Crippen LogP contribution >= 0.6 is 11.6 Å². The molecule has 88 valence electrons. The highest BCUT2D eigenvalue weighted by Crippen LogP contribution is 2.21. The number of aromatic nitrogens is 1. The van der Waals surface area contributed by atoms with Crippen molar-refractivity contribution in [2.45, 2.75) is 19.4 Å². The first-order chi connectivity index (χ1) is 7.40. The van der Waals surface area contributed by atoms with Crippen LogP contribution in [0.5, 0.6) is 5.75 Å². The van der Waals surface area contributed by atoms with E-state index in [1.807, 2.05) is 13.8 Å².